The van der Waals surface area contributed by atoms with E-state index in [1.54, 1.807) is 12.4 Å². The molecule has 0 saturated carbocycles. The maximum atomic E-state index is 5.73. The van der Waals surface area contributed by atoms with Crippen LogP contribution in [0.5, 0.6) is 0 Å². The number of pyridine rings is 1. The fourth-order valence-electron chi connectivity index (χ4n) is 2.00. The number of aromatic nitrogens is 1. The Bertz CT molecular complexity index is 419. The highest BCUT2D eigenvalue weighted by molar-refractivity contribution is 5.85. The Morgan fingerprint density at radius 1 is 1.38 bits per heavy atom. The fraction of sp³-hybridized carbons (Fsp3) is 0.364. The van der Waals surface area contributed by atoms with Gasteiger partial charge in [-0.2, -0.15) is 0 Å². The van der Waals surface area contributed by atoms with Crippen LogP contribution in [0, 0.1) is 0 Å². The molecule has 0 amide bonds. The molecule has 1 atom stereocenters. The highest BCUT2D eigenvalue weighted by Gasteiger charge is 2.19. The predicted octanol–water partition coefficient (Wildman–Crippen LogP) is 3.10. The van der Waals surface area contributed by atoms with Crippen molar-refractivity contribution in [2.75, 3.05) is 6.54 Å². The Hall–Kier alpha value is -0.770. The largest absolute Gasteiger partial charge is 0.458 e. The lowest BCUT2D eigenvalue weighted by molar-refractivity contribution is 0.470. The molecule has 1 N–H and O–H groups in total. The molecule has 0 aromatic carbocycles. The summed E-state index contributed by atoms with van der Waals surface area (Å²) < 4.78 is 5.73. The van der Waals surface area contributed by atoms with E-state index in [9.17, 15) is 0 Å². The standard InChI is InChI=1S/C11H12N2O.2ClH/c1-2-9(13-4-1)10-6-8-3-5-12-7-11(8)14-10;;/h3,5-7,9,13H,1-2,4H2;2*1H/t9-;;/m0../s1. The second-order valence-corrected chi connectivity index (χ2v) is 3.71. The van der Waals surface area contributed by atoms with Crippen molar-refractivity contribution in [2.45, 2.75) is 18.9 Å². The zero-order valence-corrected chi connectivity index (χ0v) is 10.3. The van der Waals surface area contributed by atoms with E-state index in [1.807, 2.05) is 6.07 Å². The van der Waals surface area contributed by atoms with Crippen LogP contribution in [0.15, 0.2) is 28.9 Å². The van der Waals surface area contributed by atoms with Gasteiger partial charge in [0.05, 0.1) is 12.2 Å². The number of halogens is 2. The van der Waals surface area contributed by atoms with Gasteiger partial charge >= 0.3 is 0 Å². The molecule has 2 aromatic heterocycles. The van der Waals surface area contributed by atoms with Gasteiger partial charge in [0.1, 0.15) is 5.76 Å². The van der Waals surface area contributed by atoms with Crippen LogP contribution in [0.1, 0.15) is 24.6 Å². The van der Waals surface area contributed by atoms with Crippen LogP contribution in [-0.4, -0.2) is 11.5 Å². The van der Waals surface area contributed by atoms with Crippen LogP contribution in [-0.2, 0) is 0 Å². The number of nitrogens with zero attached hydrogens (tertiary/aromatic N) is 1. The summed E-state index contributed by atoms with van der Waals surface area (Å²) in [6.07, 6.45) is 5.98. The molecule has 16 heavy (non-hydrogen) atoms. The molecule has 1 aliphatic rings. The molecule has 3 nitrogen and oxygen atoms in total. The molecular formula is C11H14Cl2N2O. The smallest absolute Gasteiger partial charge is 0.152 e. The van der Waals surface area contributed by atoms with Crippen LogP contribution in [0.2, 0.25) is 0 Å². The van der Waals surface area contributed by atoms with Gasteiger partial charge in [0, 0.05) is 11.6 Å². The molecule has 1 aliphatic heterocycles. The Balaban J connectivity index is 0.000000640. The third kappa shape index (κ3) is 2.32. The Kier molecular flexibility index (Phi) is 4.59. The minimum atomic E-state index is 0. The first kappa shape index (κ1) is 13.3. The first-order valence-corrected chi connectivity index (χ1v) is 5.00. The lowest BCUT2D eigenvalue weighted by atomic mass is 10.2. The van der Waals surface area contributed by atoms with Gasteiger partial charge < -0.3 is 9.73 Å². The van der Waals surface area contributed by atoms with E-state index in [-0.39, 0.29) is 24.8 Å². The van der Waals surface area contributed by atoms with Gasteiger partial charge in [-0.05, 0) is 31.5 Å². The van der Waals surface area contributed by atoms with E-state index in [2.05, 4.69) is 16.4 Å². The van der Waals surface area contributed by atoms with E-state index >= 15 is 0 Å². The number of hydrogen-bond acceptors (Lipinski definition) is 3. The maximum Gasteiger partial charge on any atom is 0.152 e. The van der Waals surface area contributed by atoms with E-state index in [4.69, 9.17) is 4.42 Å². The summed E-state index contributed by atoms with van der Waals surface area (Å²) in [4.78, 5) is 4.04. The van der Waals surface area contributed by atoms with Crippen LogP contribution in [0.3, 0.4) is 0 Å². The number of rotatable bonds is 1. The lowest BCUT2D eigenvalue weighted by Crippen LogP contribution is -2.11. The third-order valence-electron chi connectivity index (χ3n) is 2.75. The number of furan rings is 1. The molecule has 5 heteroatoms. The Morgan fingerprint density at radius 3 is 2.94 bits per heavy atom. The van der Waals surface area contributed by atoms with Crippen LogP contribution < -0.4 is 5.32 Å². The summed E-state index contributed by atoms with van der Waals surface area (Å²) in [5, 5.41) is 4.56. The average molecular weight is 261 g/mol. The van der Waals surface area contributed by atoms with Gasteiger partial charge in [-0.15, -0.1) is 24.8 Å². The van der Waals surface area contributed by atoms with Crippen LogP contribution >= 0.6 is 24.8 Å². The zero-order valence-electron chi connectivity index (χ0n) is 8.68. The number of nitrogens with one attached hydrogen (secondary N) is 1. The SMILES string of the molecule is Cl.Cl.c1cc2cc([C@@H]3CCCN3)oc2cn1. The summed E-state index contributed by atoms with van der Waals surface area (Å²) in [5.41, 5.74) is 0.885. The summed E-state index contributed by atoms with van der Waals surface area (Å²) in [6.45, 7) is 1.10. The predicted molar refractivity (Wildman–Crippen MR) is 68.5 cm³/mol. The first-order chi connectivity index (χ1) is 6.93. The fourth-order valence-corrected chi connectivity index (χ4v) is 2.00. The average Bonchev–Trinajstić information content (AvgIpc) is 2.86. The minimum absolute atomic E-state index is 0. The molecule has 0 bridgehead atoms. The third-order valence-corrected chi connectivity index (χ3v) is 2.75. The van der Waals surface area contributed by atoms with Crippen LogP contribution in [0.4, 0.5) is 0 Å². The molecular weight excluding hydrogens is 247 g/mol. The van der Waals surface area contributed by atoms with E-state index in [0.29, 0.717) is 6.04 Å². The summed E-state index contributed by atoms with van der Waals surface area (Å²) in [5.74, 6) is 1.05. The van der Waals surface area contributed by atoms with Crippen molar-refractivity contribution in [1.82, 2.24) is 10.3 Å². The van der Waals surface area contributed by atoms with Crippen LogP contribution in [0.25, 0.3) is 11.0 Å². The second kappa shape index (κ2) is 5.53. The molecule has 2 aromatic rings. The normalized spacial score (nSPS) is 19.1. The molecule has 0 unspecified atom stereocenters. The van der Waals surface area contributed by atoms with E-state index in [1.165, 1.54) is 12.8 Å². The maximum absolute atomic E-state index is 5.73. The van der Waals surface area contributed by atoms with Gasteiger partial charge in [-0.25, -0.2) is 0 Å². The van der Waals surface area contributed by atoms with Gasteiger partial charge in [-0.1, -0.05) is 0 Å². The Morgan fingerprint density at radius 2 is 2.25 bits per heavy atom. The summed E-state index contributed by atoms with van der Waals surface area (Å²) >= 11 is 0. The van der Waals surface area contributed by atoms with Crippen molar-refractivity contribution in [3.63, 3.8) is 0 Å². The molecule has 1 fully saturated rings. The number of hydrogen-bond donors (Lipinski definition) is 1. The Labute approximate surface area is 106 Å². The lowest BCUT2D eigenvalue weighted by Gasteiger charge is -2.04. The van der Waals surface area contributed by atoms with Gasteiger partial charge in [0.15, 0.2) is 5.58 Å². The molecule has 88 valence electrons. The van der Waals surface area contributed by atoms with Crippen molar-refractivity contribution in [3.05, 3.63) is 30.3 Å². The molecule has 1 saturated heterocycles. The highest BCUT2D eigenvalue weighted by Crippen LogP contribution is 2.28. The molecule has 3 heterocycles. The molecule has 3 rings (SSSR count). The van der Waals surface area contributed by atoms with Crippen molar-refractivity contribution >= 4 is 35.8 Å². The topological polar surface area (TPSA) is 38.1 Å². The minimum Gasteiger partial charge on any atom is -0.458 e. The number of fused-ring (bicyclic) bond motifs is 1. The van der Waals surface area contributed by atoms with Crippen molar-refractivity contribution in [1.29, 1.82) is 0 Å². The van der Waals surface area contributed by atoms with Crippen molar-refractivity contribution in [2.24, 2.45) is 0 Å². The van der Waals surface area contributed by atoms with E-state index < -0.39 is 0 Å². The molecule has 0 spiro atoms. The summed E-state index contributed by atoms with van der Waals surface area (Å²) in [7, 11) is 0. The van der Waals surface area contributed by atoms with Crippen molar-refractivity contribution in [3.8, 4) is 0 Å². The van der Waals surface area contributed by atoms with Gasteiger partial charge in [0.2, 0.25) is 0 Å². The highest BCUT2D eigenvalue weighted by atomic mass is 35.5. The first-order valence-electron chi connectivity index (χ1n) is 5.00. The van der Waals surface area contributed by atoms with E-state index in [0.717, 1.165) is 23.3 Å². The quantitative estimate of drug-likeness (QED) is 0.857. The second-order valence-electron chi connectivity index (χ2n) is 3.71. The zero-order chi connectivity index (χ0) is 9.38. The molecule has 0 radical (unpaired) electrons. The monoisotopic (exact) mass is 260 g/mol. The van der Waals surface area contributed by atoms with Crippen molar-refractivity contribution < 1.29 is 4.42 Å². The summed E-state index contributed by atoms with van der Waals surface area (Å²) in [6, 6.07) is 4.50. The van der Waals surface area contributed by atoms with Gasteiger partial charge in [0.25, 0.3) is 0 Å². The molecule has 0 aliphatic carbocycles. The van der Waals surface area contributed by atoms with Gasteiger partial charge in [-0.3, -0.25) is 4.98 Å².